The molecule has 1 aromatic heterocycles. The summed E-state index contributed by atoms with van der Waals surface area (Å²) in [5.74, 6) is 0. The van der Waals surface area contributed by atoms with Crippen LogP contribution in [0.3, 0.4) is 0 Å². The largest absolute Gasteiger partial charge is 0.258 e. The Balaban J connectivity index is 2.69. The fraction of sp³-hybridized carbons (Fsp3) is 0.167. The number of pyridine rings is 1. The van der Waals surface area contributed by atoms with Crippen molar-refractivity contribution in [1.82, 2.24) is 9.82 Å². The number of hydrogen-bond donors (Lipinski definition) is 1. The molecule has 0 atom stereocenters. The second kappa shape index (κ2) is 3.76. The molecule has 4 heteroatoms. The van der Waals surface area contributed by atoms with Gasteiger partial charge in [0, 0.05) is 6.20 Å². The molecule has 54 valence electrons. The van der Waals surface area contributed by atoms with E-state index in [1.165, 1.54) is 0 Å². The van der Waals surface area contributed by atoms with E-state index in [-0.39, 0.29) is 0 Å². The Morgan fingerprint density at radius 1 is 1.50 bits per heavy atom. The predicted octanol–water partition coefficient (Wildman–Crippen LogP) is 1.98. The molecule has 0 fully saturated rings. The van der Waals surface area contributed by atoms with Crippen LogP contribution in [-0.2, 0) is 6.54 Å². The van der Waals surface area contributed by atoms with Crippen molar-refractivity contribution in [3.05, 3.63) is 29.0 Å². The molecule has 1 aromatic rings. The average molecular weight is 177 g/mol. The molecule has 0 aliphatic carbocycles. The number of hydrogen-bond acceptors (Lipinski definition) is 2. The highest BCUT2D eigenvalue weighted by Crippen LogP contribution is 2.05. The van der Waals surface area contributed by atoms with Gasteiger partial charge in [-0.3, -0.25) is 4.98 Å². The maximum Gasteiger partial charge on any atom is 0.0589 e. The topological polar surface area (TPSA) is 24.9 Å². The zero-order valence-corrected chi connectivity index (χ0v) is 6.65. The van der Waals surface area contributed by atoms with Crippen LogP contribution < -0.4 is 4.84 Å². The van der Waals surface area contributed by atoms with Crippen LogP contribution in [0, 0.1) is 0 Å². The molecule has 0 aromatic carbocycles. The van der Waals surface area contributed by atoms with E-state index in [1.807, 2.05) is 6.07 Å². The SMILES string of the molecule is ClNCc1ccc(Cl)cn1. The quantitative estimate of drug-likeness (QED) is 0.698. The van der Waals surface area contributed by atoms with Crippen LogP contribution in [-0.4, -0.2) is 4.98 Å². The molecule has 0 bridgehead atoms. The van der Waals surface area contributed by atoms with Crippen LogP contribution >= 0.6 is 23.4 Å². The Kier molecular flexibility index (Phi) is 2.93. The summed E-state index contributed by atoms with van der Waals surface area (Å²) in [5, 5.41) is 0.637. The first-order valence-corrected chi connectivity index (χ1v) is 3.52. The first-order valence-electron chi connectivity index (χ1n) is 2.77. The van der Waals surface area contributed by atoms with E-state index < -0.39 is 0 Å². The summed E-state index contributed by atoms with van der Waals surface area (Å²) in [5.41, 5.74) is 0.874. The Morgan fingerprint density at radius 2 is 2.30 bits per heavy atom. The Hall–Kier alpha value is -0.310. The third-order valence-corrected chi connectivity index (χ3v) is 1.39. The van der Waals surface area contributed by atoms with Crippen LogP contribution in [0.15, 0.2) is 18.3 Å². The Morgan fingerprint density at radius 3 is 2.80 bits per heavy atom. The average Bonchev–Trinajstić information content (AvgIpc) is 1.95. The van der Waals surface area contributed by atoms with Crippen molar-refractivity contribution in [3.8, 4) is 0 Å². The maximum atomic E-state index is 5.60. The van der Waals surface area contributed by atoms with Crippen LogP contribution in [0.1, 0.15) is 5.69 Å². The smallest absolute Gasteiger partial charge is 0.0589 e. The second-order valence-corrected chi connectivity index (χ2v) is 2.48. The molecule has 1 rings (SSSR count). The van der Waals surface area contributed by atoms with E-state index in [4.69, 9.17) is 23.4 Å². The lowest BCUT2D eigenvalue weighted by molar-refractivity contribution is 0.912. The summed E-state index contributed by atoms with van der Waals surface area (Å²) >= 11 is 10.8. The van der Waals surface area contributed by atoms with Crippen LogP contribution in [0.2, 0.25) is 5.02 Å². The van der Waals surface area contributed by atoms with Crippen LogP contribution in [0.25, 0.3) is 0 Å². The van der Waals surface area contributed by atoms with Crippen molar-refractivity contribution in [2.45, 2.75) is 6.54 Å². The van der Waals surface area contributed by atoms with Gasteiger partial charge in [0.1, 0.15) is 0 Å². The Bertz CT molecular complexity index is 197. The van der Waals surface area contributed by atoms with Gasteiger partial charge in [0.2, 0.25) is 0 Å². The van der Waals surface area contributed by atoms with E-state index in [9.17, 15) is 0 Å². The first-order chi connectivity index (χ1) is 4.83. The van der Waals surface area contributed by atoms with Crippen molar-refractivity contribution in [3.63, 3.8) is 0 Å². The molecule has 0 aliphatic rings. The summed E-state index contributed by atoms with van der Waals surface area (Å²) in [7, 11) is 0. The lowest BCUT2D eigenvalue weighted by atomic mass is 10.4. The minimum Gasteiger partial charge on any atom is -0.258 e. The van der Waals surface area contributed by atoms with Crippen LogP contribution in [0.4, 0.5) is 0 Å². The first kappa shape index (κ1) is 7.79. The summed E-state index contributed by atoms with van der Waals surface area (Å²) in [6.07, 6.45) is 1.59. The van der Waals surface area contributed by atoms with Gasteiger partial charge in [0.15, 0.2) is 0 Å². The molecular weight excluding hydrogens is 171 g/mol. The molecule has 0 amide bonds. The lowest BCUT2D eigenvalue weighted by Gasteiger charge is -1.95. The zero-order valence-electron chi connectivity index (χ0n) is 5.14. The van der Waals surface area contributed by atoms with Gasteiger partial charge in [-0.2, -0.15) is 0 Å². The van der Waals surface area contributed by atoms with Gasteiger partial charge >= 0.3 is 0 Å². The van der Waals surface area contributed by atoms with Crippen molar-refractivity contribution in [2.75, 3.05) is 0 Å². The molecule has 0 saturated heterocycles. The highest BCUT2D eigenvalue weighted by Gasteiger charge is 1.91. The molecule has 0 radical (unpaired) electrons. The van der Waals surface area contributed by atoms with Gasteiger partial charge in [-0.1, -0.05) is 11.6 Å². The van der Waals surface area contributed by atoms with E-state index in [0.717, 1.165) is 5.69 Å². The molecular formula is C6H6Cl2N2. The number of nitrogens with zero attached hydrogens (tertiary/aromatic N) is 1. The number of rotatable bonds is 2. The molecule has 2 nitrogen and oxygen atoms in total. The van der Waals surface area contributed by atoms with Crippen molar-refractivity contribution in [1.29, 1.82) is 0 Å². The van der Waals surface area contributed by atoms with E-state index >= 15 is 0 Å². The minimum atomic E-state index is 0.554. The predicted molar refractivity (Wildman–Crippen MR) is 41.9 cm³/mol. The van der Waals surface area contributed by atoms with Crippen LogP contribution in [0.5, 0.6) is 0 Å². The fourth-order valence-electron chi connectivity index (χ4n) is 0.579. The van der Waals surface area contributed by atoms with E-state index in [1.54, 1.807) is 12.3 Å². The summed E-state index contributed by atoms with van der Waals surface area (Å²) in [6.45, 7) is 0.554. The van der Waals surface area contributed by atoms with Crippen molar-refractivity contribution in [2.24, 2.45) is 0 Å². The van der Waals surface area contributed by atoms with E-state index in [2.05, 4.69) is 9.82 Å². The van der Waals surface area contributed by atoms with E-state index in [0.29, 0.717) is 11.6 Å². The maximum absolute atomic E-state index is 5.60. The molecule has 0 spiro atoms. The molecule has 0 unspecified atom stereocenters. The van der Waals surface area contributed by atoms with Gasteiger partial charge in [-0.05, 0) is 23.9 Å². The monoisotopic (exact) mass is 176 g/mol. The minimum absolute atomic E-state index is 0.554. The number of halogens is 2. The van der Waals surface area contributed by atoms with Gasteiger partial charge in [0.25, 0.3) is 0 Å². The second-order valence-electron chi connectivity index (χ2n) is 1.78. The highest BCUT2D eigenvalue weighted by atomic mass is 35.5. The van der Waals surface area contributed by atoms with Gasteiger partial charge in [0.05, 0.1) is 17.3 Å². The summed E-state index contributed by atoms with van der Waals surface area (Å²) in [6, 6.07) is 3.59. The normalized spacial score (nSPS) is 9.80. The third-order valence-electron chi connectivity index (χ3n) is 1.04. The van der Waals surface area contributed by atoms with Gasteiger partial charge in [-0.25, -0.2) is 4.84 Å². The molecule has 0 aliphatic heterocycles. The number of aromatic nitrogens is 1. The fourth-order valence-corrected chi connectivity index (χ4v) is 0.828. The standard InChI is InChI=1S/C6H6Cl2N2/c7-5-1-2-6(4-10-8)9-3-5/h1-3,10H,4H2. The van der Waals surface area contributed by atoms with Gasteiger partial charge < -0.3 is 0 Å². The zero-order chi connectivity index (χ0) is 7.40. The molecule has 1 heterocycles. The highest BCUT2D eigenvalue weighted by molar-refractivity contribution is 6.30. The molecule has 10 heavy (non-hydrogen) atoms. The van der Waals surface area contributed by atoms with Crippen molar-refractivity contribution >= 4 is 23.4 Å². The summed E-state index contributed by atoms with van der Waals surface area (Å²) in [4.78, 5) is 6.46. The lowest BCUT2D eigenvalue weighted by Crippen LogP contribution is -1.99. The van der Waals surface area contributed by atoms with Crippen molar-refractivity contribution < 1.29 is 0 Å². The Labute approximate surface area is 69.3 Å². The molecule has 1 N–H and O–H groups in total. The number of nitrogens with one attached hydrogen (secondary N) is 1. The molecule has 0 saturated carbocycles. The summed E-state index contributed by atoms with van der Waals surface area (Å²) < 4.78 is 0. The third kappa shape index (κ3) is 2.14. The van der Waals surface area contributed by atoms with Gasteiger partial charge in [-0.15, -0.1) is 0 Å².